The summed E-state index contributed by atoms with van der Waals surface area (Å²) < 4.78 is 15.7. The predicted molar refractivity (Wildman–Crippen MR) is 129 cm³/mol. The van der Waals surface area contributed by atoms with Gasteiger partial charge in [0.05, 0.1) is 11.4 Å². The first-order valence-corrected chi connectivity index (χ1v) is 10.7. The second-order valence-electron chi connectivity index (χ2n) is 8.15. The highest BCUT2D eigenvalue weighted by Crippen LogP contribution is 2.30. The van der Waals surface area contributed by atoms with Gasteiger partial charge in [0.25, 0.3) is 0 Å². The Labute approximate surface area is 188 Å². The van der Waals surface area contributed by atoms with Crippen LogP contribution >= 0.6 is 0 Å². The number of benzene rings is 3. The third-order valence-corrected chi connectivity index (χ3v) is 5.55. The molecule has 0 bridgehead atoms. The minimum Gasteiger partial charge on any atom is -0.391 e. The van der Waals surface area contributed by atoms with Gasteiger partial charge in [0.15, 0.2) is 0 Å². The molecular weight excluding hydrogens is 399 g/mol. The summed E-state index contributed by atoms with van der Waals surface area (Å²) in [5.41, 5.74) is 9.28. The average Bonchev–Trinajstić information content (AvgIpc) is 3.11. The number of halogens is 1. The molecule has 3 nitrogen and oxygen atoms in total. The molecule has 0 saturated heterocycles. The molecule has 4 rings (SSSR count). The van der Waals surface area contributed by atoms with Crippen LogP contribution in [0.15, 0.2) is 84.0 Å². The first-order valence-electron chi connectivity index (χ1n) is 10.7. The molecule has 0 radical (unpaired) electrons. The molecule has 32 heavy (non-hydrogen) atoms. The second-order valence-corrected chi connectivity index (χ2v) is 8.15. The standard InChI is InChI=1S/C28H27FN2O/c1-19-7-5-9-23(15-19)18-32-30-21(3)27-17-28(24-11-13-25(29)14-12-24)31(22(27)4)26-10-6-8-20(2)16-26/h5-17H,18H2,1-4H3. The lowest BCUT2D eigenvalue weighted by atomic mass is 10.1. The van der Waals surface area contributed by atoms with Crippen LogP contribution in [0.3, 0.4) is 0 Å². The maximum atomic E-state index is 13.6. The molecule has 0 fully saturated rings. The summed E-state index contributed by atoms with van der Waals surface area (Å²) in [6.07, 6.45) is 0. The fraction of sp³-hybridized carbons (Fsp3) is 0.179. The van der Waals surface area contributed by atoms with E-state index in [0.29, 0.717) is 6.61 Å². The van der Waals surface area contributed by atoms with Crippen molar-refractivity contribution in [1.82, 2.24) is 4.57 Å². The van der Waals surface area contributed by atoms with Gasteiger partial charge in [0.1, 0.15) is 12.4 Å². The lowest BCUT2D eigenvalue weighted by Gasteiger charge is -2.13. The first kappa shape index (κ1) is 21.6. The molecule has 1 aromatic heterocycles. The zero-order chi connectivity index (χ0) is 22.7. The molecule has 0 N–H and O–H groups in total. The number of rotatable bonds is 6. The van der Waals surface area contributed by atoms with Crippen LogP contribution in [-0.4, -0.2) is 10.3 Å². The summed E-state index contributed by atoms with van der Waals surface area (Å²) in [5.74, 6) is -0.248. The van der Waals surface area contributed by atoms with E-state index >= 15 is 0 Å². The van der Waals surface area contributed by atoms with Crippen LogP contribution in [0.2, 0.25) is 0 Å². The third-order valence-electron chi connectivity index (χ3n) is 5.55. The zero-order valence-electron chi connectivity index (χ0n) is 18.9. The van der Waals surface area contributed by atoms with E-state index in [-0.39, 0.29) is 5.82 Å². The fourth-order valence-electron chi connectivity index (χ4n) is 3.96. The molecule has 0 atom stereocenters. The van der Waals surface area contributed by atoms with Crippen LogP contribution < -0.4 is 0 Å². The van der Waals surface area contributed by atoms with E-state index in [1.165, 1.54) is 23.3 Å². The average molecular weight is 427 g/mol. The molecule has 4 heteroatoms. The van der Waals surface area contributed by atoms with E-state index in [1.54, 1.807) is 12.1 Å². The Balaban J connectivity index is 1.72. The van der Waals surface area contributed by atoms with Crippen molar-refractivity contribution in [1.29, 1.82) is 0 Å². The van der Waals surface area contributed by atoms with Crippen molar-refractivity contribution in [2.24, 2.45) is 5.16 Å². The molecule has 0 spiro atoms. The normalized spacial score (nSPS) is 11.6. The van der Waals surface area contributed by atoms with Crippen molar-refractivity contribution in [2.75, 3.05) is 0 Å². The van der Waals surface area contributed by atoms with Gasteiger partial charge in [-0.1, -0.05) is 47.1 Å². The number of aromatic nitrogens is 1. The van der Waals surface area contributed by atoms with Gasteiger partial charge in [-0.2, -0.15) is 0 Å². The van der Waals surface area contributed by atoms with Crippen molar-refractivity contribution in [3.63, 3.8) is 0 Å². The molecule has 3 aromatic carbocycles. The first-order chi connectivity index (χ1) is 15.4. The summed E-state index contributed by atoms with van der Waals surface area (Å²) in [7, 11) is 0. The smallest absolute Gasteiger partial charge is 0.142 e. The van der Waals surface area contributed by atoms with Crippen LogP contribution in [0.5, 0.6) is 0 Å². The van der Waals surface area contributed by atoms with E-state index in [2.05, 4.69) is 66.9 Å². The molecule has 0 unspecified atom stereocenters. The number of oxime groups is 1. The molecule has 0 amide bonds. The maximum absolute atomic E-state index is 13.6. The van der Waals surface area contributed by atoms with Gasteiger partial charge in [-0.25, -0.2) is 4.39 Å². The molecule has 0 saturated carbocycles. The zero-order valence-corrected chi connectivity index (χ0v) is 18.9. The van der Waals surface area contributed by atoms with Crippen LogP contribution in [0.4, 0.5) is 4.39 Å². The Hall–Kier alpha value is -3.66. The maximum Gasteiger partial charge on any atom is 0.142 e. The Kier molecular flexibility index (Phi) is 6.22. The van der Waals surface area contributed by atoms with Crippen LogP contribution in [0.25, 0.3) is 16.9 Å². The van der Waals surface area contributed by atoms with E-state index < -0.39 is 0 Å². The van der Waals surface area contributed by atoms with Crippen molar-refractivity contribution < 1.29 is 9.23 Å². The van der Waals surface area contributed by atoms with E-state index in [1.807, 2.05) is 25.1 Å². The minimum atomic E-state index is -0.248. The molecule has 0 aliphatic heterocycles. The molecule has 0 aliphatic rings. The number of aryl methyl sites for hydroxylation is 2. The monoisotopic (exact) mass is 426 g/mol. The van der Waals surface area contributed by atoms with Crippen molar-refractivity contribution in [3.05, 3.63) is 113 Å². The van der Waals surface area contributed by atoms with Gasteiger partial charge in [0, 0.05) is 16.9 Å². The summed E-state index contributed by atoms with van der Waals surface area (Å²) >= 11 is 0. The summed E-state index contributed by atoms with van der Waals surface area (Å²) in [6, 6.07) is 25.2. The molecule has 0 aliphatic carbocycles. The van der Waals surface area contributed by atoms with Gasteiger partial charge in [0.2, 0.25) is 0 Å². The highest BCUT2D eigenvalue weighted by Gasteiger charge is 2.17. The molecule has 4 aromatic rings. The van der Waals surface area contributed by atoms with Crippen molar-refractivity contribution >= 4 is 5.71 Å². The van der Waals surface area contributed by atoms with Gasteiger partial charge >= 0.3 is 0 Å². The Morgan fingerprint density at radius 3 is 2.25 bits per heavy atom. The van der Waals surface area contributed by atoms with Crippen LogP contribution in [-0.2, 0) is 11.4 Å². The van der Waals surface area contributed by atoms with Crippen molar-refractivity contribution in [3.8, 4) is 16.9 Å². The Morgan fingerprint density at radius 1 is 0.875 bits per heavy atom. The largest absolute Gasteiger partial charge is 0.391 e. The van der Waals surface area contributed by atoms with E-state index in [0.717, 1.165) is 39.5 Å². The number of nitrogens with zero attached hydrogens (tertiary/aromatic N) is 2. The number of hydrogen-bond donors (Lipinski definition) is 0. The van der Waals surface area contributed by atoms with Crippen LogP contribution in [0.1, 0.15) is 34.9 Å². The fourth-order valence-corrected chi connectivity index (χ4v) is 3.96. The summed E-state index contributed by atoms with van der Waals surface area (Å²) in [5, 5.41) is 4.40. The number of hydrogen-bond acceptors (Lipinski definition) is 2. The Bertz CT molecular complexity index is 1270. The summed E-state index contributed by atoms with van der Waals surface area (Å²) in [4.78, 5) is 5.67. The van der Waals surface area contributed by atoms with E-state index in [4.69, 9.17) is 4.84 Å². The Morgan fingerprint density at radius 2 is 1.56 bits per heavy atom. The van der Waals surface area contributed by atoms with Gasteiger partial charge in [-0.3, -0.25) is 0 Å². The molecular formula is C28H27FN2O. The SMILES string of the molecule is CC(=NOCc1cccc(C)c1)c1cc(-c2ccc(F)cc2)n(-c2cccc(C)c2)c1C. The molecule has 162 valence electrons. The highest BCUT2D eigenvalue weighted by molar-refractivity contribution is 6.01. The van der Waals surface area contributed by atoms with Crippen molar-refractivity contribution in [2.45, 2.75) is 34.3 Å². The van der Waals surface area contributed by atoms with E-state index in [9.17, 15) is 4.39 Å². The topological polar surface area (TPSA) is 26.5 Å². The quantitative estimate of drug-likeness (QED) is 0.237. The summed E-state index contributed by atoms with van der Waals surface area (Å²) in [6.45, 7) is 8.58. The predicted octanol–water partition coefficient (Wildman–Crippen LogP) is 7.15. The second kappa shape index (κ2) is 9.23. The minimum absolute atomic E-state index is 0.248. The highest BCUT2D eigenvalue weighted by atomic mass is 19.1. The van der Waals surface area contributed by atoms with Gasteiger partial charge in [-0.05, 0) is 86.8 Å². The van der Waals surface area contributed by atoms with Gasteiger partial charge < -0.3 is 9.40 Å². The van der Waals surface area contributed by atoms with Crippen LogP contribution in [0, 0.1) is 26.6 Å². The molecule has 1 heterocycles. The van der Waals surface area contributed by atoms with Gasteiger partial charge in [-0.15, -0.1) is 0 Å². The lowest BCUT2D eigenvalue weighted by molar-refractivity contribution is 0.130. The third kappa shape index (κ3) is 4.65. The lowest BCUT2D eigenvalue weighted by Crippen LogP contribution is -2.03.